The quantitative estimate of drug-likeness (QED) is 0.845. The van der Waals surface area contributed by atoms with Crippen LogP contribution in [0.2, 0.25) is 0 Å². The minimum Gasteiger partial charge on any atom is -0.352 e. The first-order chi connectivity index (χ1) is 13.1. The topological polar surface area (TPSA) is 75.4 Å². The highest BCUT2D eigenvalue weighted by molar-refractivity contribution is 6.04. The third-order valence-corrected chi connectivity index (χ3v) is 4.71. The molecule has 1 aliphatic heterocycles. The zero-order valence-electron chi connectivity index (χ0n) is 15.0. The Morgan fingerprint density at radius 2 is 1.82 bits per heavy atom. The number of carbonyl (C=O) groups is 2. The van der Waals surface area contributed by atoms with Gasteiger partial charge in [0.2, 0.25) is 5.91 Å². The summed E-state index contributed by atoms with van der Waals surface area (Å²) in [5.41, 5.74) is 6.02. The third kappa shape index (κ3) is 3.45. The molecule has 0 aromatic heterocycles. The fourth-order valence-corrected chi connectivity index (χ4v) is 3.47. The average molecular weight is 389 g/mol. The van der Waals surface area contributed by atoms with E-state index >= 15 is 0 Å². The summed E-state index contributed by atoms with van der Waals surface area (Å²) in [6.45, 7) is 3.88. The number of primary amides is 1. The average Bonchev–Trinajstić information content (AvgIpc) is 2.63. The molecule has 8 heteroatoms. The van der Waals surface area contributed by atoms with Crippen molar-refractivity contribution in [2.75, 3.05) is 11.9 Å². The zero-order valence-corrected chi connectivity index (χ0v) is 15.0. The van der Waals surface area contributed by atoms with Gasteiger partial charge in [0.1, 0.15) is 6.04 Å². The van der Waals surface area contributed by atoms with Crippen molar-refractivity contribution in [2.24, 2.45) is 5.73 Å². The van der Waals surface area contributed by atoms with E-state index in [1.165, 1.54) is 30.1 Å². The molecule has 1 heterocycles. The number of nitrogens with one attached hydrogen (secondary N) is 1. The highest BCUT2D eigenvalue weighted by Gasteiger charge is 2.36. The molecule has 3 amide bonds. The summed E-state index contributed by atoms with van der Waals surface area (Å²) in [6.07, 6.45) is -4.35. The molecule has 0 unspecified atom stereocenters. The van der Waals surface area contributed by atoms with E-state index in [1.807, 2.05) is 0 Å². The van der Waals surface area contributed by atoms with E-state index in [1.54, 1.807) is 18.2 Å². The zero-order chi connectivity index (χ0) is 20.6. The van der Waals surface area contributed by atoms with Crippen LogP contribution in [-0.2, 0) is 17.4 Å². The van der Waals surface area contributed by atoms with Crippen molar-refractivity contribution >= 4 is 23.2 Å². The molecule has 1 aliphatic rings. The summed E-state index contributed by atoms with van der Waals surface area (Å²) in [5.74, 6) is -0.407. The molecule has 1 atom stereocenters. The molecule has 2 aromatic carbocycles. The number of anilines is 1. The van der Waals surface area contributed by atoms with E-state index in [2.05, 4.69) is 11.9 Å². The monoisotopic (exact) mass is 389 g/mol. The van der Waals surface area contributed by atoms with Crippen LogP contribution in [0.25, 0.3) is 5.57 Å². The Balaban J connectivity index is 2.09. The lowest BCUT2D eigenvalue weighted by molar-refractivity contribution is -0.137. The number of alkyl halides is 3. The van der Waals surface area contributed by atoms with Gasteiger partial charge in [0.15, 0.2) is 0 Å². The number of hydrogen-bond acceptors (Lipinski definition) is 2. The van der Waals surface area contributed by atoms with Crippen molar-refractivity contribution in [3.8, 4) is 0 Å². The lowest BCUT2D eigenvalue weighted by Crippen LogP contribution is -2.53. The van der Waals surface area contributed by atoms with Crippen molar-refractivity contribution in [1.29, 1.82) is 0 Å². The lowest BCUT2D eigenvalue weighted by atomic mass is 9.88. The Morgan fingerprint density at radius 1 is 1.18 bits per heavy atom. The van der Waals surface area contributed by atoms with Crippen molar-refractivity contribution in [1.82, 2.24) is 5.32 Å². The number of hydrogen-bond donors (Lipinski definition) is 2. The maximum atomic E-state index is 13.4. The molecule has 3 rings (SSSR count). The van der Waals surface area contributed by atoms with Crippen LogP contribution in [0.5, 0.6) is 0 Å². The molecule has 3 N–H and O–H groups in total. The molecule has 0 saturated heterocycles. The molecule has 0 fully saturated rings. The van der Waals surface area contributed by atoms with Gasteiger partial charge < -0.3 is 16.0 Å². The van der Waals surface area contributed by atoms with Crippen LogP contribution in [0, 0.1) is 0 Å². The van der Waals surface area contributed by atoms with Gasteiger partial charge in [0.05, 0.1) is 11.3 Å². The number of rotatable bonds is 3. The van der Waals surface area contributed by atoms with Gasteiger partial charge in [0, 0.05) is 19.0 Å². The predicted molar refractivity (Wildman–Crippen MR) is 99.6 cm³/mol. The molecule has 5 nitrogen and oxygen atoms in total. The summed E-state index contributed by atoms with van der Waals surface area (Å²) in [7, 11) is 1.50. The van der Waals surface area contributed by atoms with Crippen LogP contribution in [0.15, 0.2) is 49.0 Å². The molecule has 28 heavy (non-hydrogen) atoms. The van der Waals surface area contributed by atoms with E-state index in [4.69, 9.17) is 5.73 Å². The largest absolute Gasteiger partial charge is 0.417 e. The first-order valence-electron chi connectivity index (χ1n) is 8.42. The minimum atomic E-state index is -4.54. The molecular formula is C20H18F3N3O2. The summed E-state index contributed by atoms with van der Waals surface area (Å²) in [5, 5.41) is 2.39. The molecule has 0 spiro atoms. The van der Waals surface area contributed by atoms with Crippen LogP contribution >= 0.6 is 0 Å². The second-order valence-corrected chi connectivity index (χ2v) is 6.50. The first kappa shape index (κ1) is 19.5. The number of carbonyl (C=O) groups excluding carboxylic acids is 2. The molecule has 146 valence electrons. The number of likely N-dealkylation sites (N-methyl/N-ethyl adjacent to an activating group) is 1. The summed E-state index contributed by atoms with van der Waals surface area (Å²) < 4.78 is 40.3. The van der Waals surface area contributed by atoms with Gasteiger partial charge in [-0.05, 0) is 22.8 Å². The Bertz CT molecular complexity index is 969. The van der Waals surface area contributed by atoms with E-state index in [0.29, 0.717) is 16.8 Å². The standard InChI is InChI=1S/C20H18F3N3O2/c1-11(13-7-3-4-9-15(13)20(21,22)23)14-8-5-6-12-10-16(25-19(24)28)18(27)26(2)17(12)14/h3-9,16H,1,10H2,2H3,(H3,24,25,28)/t16-/m1/s1. The summed E-state index contributed by atoms with van der Waals surface area (Å²) >= 11 is 0. The van der Waals surface area contributed by atoms with Gasteiger partial charge >= 0.3 is 12.2 Å². The SMILES string of the molecule is C=C(c1ccccc1C(F)(F)F)c1cccc2c1N(C)C(=O)[C@H](NC(N)=O)C2. The van der Waals surface area contributed by atoms with Crippen LogP contribution in [0.4, 0.5) is 23.7 Å². The van der Waals surface area contributed by atoms with Crippen LogP contribution < -0.4 is 16.0 Å². The van der Waals surface area contributed by atoms with E-state index in [-0.39, 0.29) is 17.6 Å². The second kappa shape index (κ2) is 7.03. The number of fused-ring (bicyclic) bond motifs is 1. The van der Waals surface area contributed by atoms with Crippen molar-refractivity contribution in [2.45, 2.75) is 18.6 Å². The Hall–Kier alpha value is -3.29. The molecular weight excluding hydrogens is 371 g/mol. The van der Waals surface area contributed by atoms with Gasteiger partial charge in [-0.25, -0.2) is 4.79 Å². The maximum absolute atomic E-state index is 13.4. The van der Waals surface area contributed by atoms with E-state index < -0.39 is 29.7 Å². The third-order valence-electron chi connectivity index (χ3n) is 4.71. The Labute approximate surface area is 159 Å². The van der Waals surface area contributed by atoms with Crippen molar-refractivity contribution in [3.63, 3.8) is 0 Å². The van der Waals surface area contributed by atoms with Crippen LogP contribution in [-0.4, -0.2) is 25.0 Å². The number of nitrogens with two attached hydrogens (primary N) is 1. The molecule has 0 aliphatic carbocycles. The van der Waals surface area contributed by atoms with Crippen molar-refractivity contribution < 1.29 is 22.8 Å². The number of benzene rings is 2. The minimum absolute atomic E-state index is 0.0540. The van der Waals surface area contributed by atoms with Crippen molar-refractivity contribution in [3.05, 3.63) is 71.3 Å². The fraction of sp³-hybridized carbons (Fsp3) is 0.200. The molecule has 2 aromatic rings. The summed E-state index contributed by atoms with van der Waals surface area (Å²) in [4.78, 5) is 25.1. The van der Waals surface area contributed by atoms with E-state index in [0.717, 1.165) is 6.07 Å². The number of halogens is 3. The van der Waals surface area contributed by atoms with E-state index in [9.17, 15) is 22.8 Å². The molecule has 0 radical (unpaired) electrons. The second-order valence-electron chi connectivity index (χ2n) is 6.50. The van der Waals surface area contributed by atoms with Gasteiger partial charge in [0.25, 0.3) is 0 Å². The number of urea groups is 1. The van der Waals surface area contributed by atoms with Gasteiger partial charge in [-0.2, -0.15) is 13.2 Å². The molecule has 0 bridgehead atoms. The number of para-hydroxylation sites is 1. The Kier molecular flexibility index (Phi) is 4.89. The smallest absolute Gasteiger partial charge is 0.352 e. The van der Waals surface area contributed by atoms with Gasteiger partial charge in [-0.1, -0.05) is 43.0 Å². The highest BCUT2D eigenvalue weighted by Crippen LogP contribution is 2.40. The Morgan fingerprint density at radius 3 is 2.46 bits per heavy atom. The highest BCUT2D eigenvalue weighted by atomic mass is 19.4. The predicted octanol–water partition coefficient (Wildman–Crippen LogP) is 3.32. The first-order valence-corrected chi connectivity index (χ1v) is 8.42. The fourth-order valence-electron chi connectivity index (χ4n) is 3.47. The lowest BCUT2D eigenvalue weighted by Gasteiger charge is -2.33. The molecule has 0 saturated carbocycles. The normalized spacial score (nSPS) is 16.5. The summed E-state index contributed by atoms with van der Waals surface area (Å²) in [6, 6.07) is 8.57. The van der Waals surface area contributed by atoms with Gasteiger partial charge in [-0.15, -0.1) is 0 Å². The maximum Gasteiger partial charge on any atom is 0.417 e. The van der Waals surface area contributed by atoms with Crippen LogP contribution in [0.3, 0.4) is 0 Å². The number of nitrogens with zero attached hydrogens (tertiary/aromatic N) is 1. The van der Waals surface area contributed by atoms with Crippen LogP contribution in [0.1, 0.15) is 22.3 Å². The van der Waals surface area contributed by atoms with Gasteiger partial charge in [-0.3, -0.25) is 4.79 Å². The number of amides is 3.